The number of aromatic nitrogens is 2. The largest absolute Gasteiger partial charge is 0.464 e. The van der Waals surface area contributed by atoms with Gasteiger partial charge in [0.15, 0.2) is 0 Å². The molecule has 0 spiro atoms. The first-order chi connectivity index (χ1) is 8.36. The fourth-order valence-electron chi connectivity index (χ4n) is 1.76. The highest BCUT2D eigenvalue weighted by atomic mass is 19.1. The summed E-state index contributed by atoms with van der Waals surface area (Å²) in [6.07, 6.45) is 1.07. The lowest BCUT2D eigenvalue weighted by Gasteiger charge is -2.12. The first-order valence-corrected chi connectivity index (χ1v) is 5.18. The van der Waals surface area contributed by atoms with Gasteiger partial charge >= 0.3 is 6.09 Å². The van der Waals surface area contributed by atoms with Gasteiger partial charge in [-0.15, -0.1) is 0 Å². The number of hydrogen-bond donors (Lipinski definition) is 1. The zero-order chi connectivity index (χ0) is 13.5. The molecule has 1 N–H and O–H groups in total. The number of fused-ring (bicyclic) bond motifs is 1. The van der Waals surface area contributed by atoms with Gasteiger partial charge in [-0.3, -0.25) is 9.55 Å². The van der Waals surface area contributed by atoms with E-state index in [9.17, 15) is 9.18 Å². The summed E-state index contributed by atoms with van der Waals surface area (Å²) < 4.78 is 14.0. The molecule has 0 aliphatic heterocycles. The van der Waals surface area contributed by atoms with E-state index in [4.69, 9.17) is 10.4 Å². The molecule has 5 nitrogen and oxygen atoms in total. The normalized spacial score (nSPS) is 11.4. The Hall–Kier alpha value is -2.42. The van der Waals surface area contributed by atoms with Gasteiger partial charge in [0, 0.05) is 17.8 Å². The molecule has 0 atom stereocenters. The highest BCUT2D eigenvalue weighted by Gasteiger charge is 2.27. The molecule has 0 aromatic carbocycles. The lowest BCUT2D eigenvalue weighted by molar-refractivity contribution is 0.197. The maximum absolute atomic E-state index is 13.1. The molecule has 0 saturated carbocycles. The van der Waals surface area contributed by atoms with Gasteiger partial charge in [-0.05, 0) is 13.8 Å². The van der Waals surface area contributed by atoms with Crippen molar-refractivity contribution in [3.63, 3.8) is 0 Å². The number of nitriles is 1. The predicted molar refractivity (Wildman–Crippen MR) is 61.8 cm³/mol. The van der Waals surface area contributed by atoms with Crippen molar-refractivity contribution < 1.29 is 14.3 Å². The number of rotatable bonds is 1. The Kier molecular flexibility index (Phi) is 2.55. The van der Waals surface area contributed by atoms with E-state index in [0.29, 0.717) is 11.1 Å². The van der Waals surface area contributed by atoms with Crippen LogP contribution >= 0.6 is 0 Å². The minimum absolute atomic E-state index is 0.140. The van der Waals surface area contributed by atoms with Crippen LogP contribution in [0, 0.1) is 17.1 Å². The second-order valence-electron chi connectivity index (χ2n) is 4.45. The van der Waals surface area contributed by atoms with Gasteiger partial charge < -0.3 is 5.11 Å². The average molecular weight is 247 g/mol. The van der Waals surface area contributed by atoms with Gasteiger partial charge in [0.25, 0.3) is 0 Å². The van der Waals surface area contributed by atoms with Crippen LogP contribution in [0.15, 0.2) is 18.5 Å². The molecule has 0 radical (unpaired) electrons. The van der Waals surface area contributed by atoms with Gasteiger partial charge in [-0.25, -0.2) is 9.18 Å². The molecular weight excluding hydrogens is 237 g/mol. The molecule has 0 bridgehead atoms. The lowest BCUT2D eigenvalue weighted by Crippen LogP contribution is -2.14. The van der Waals surface area contributed by atoms with Gasteiger partial charge in [-0.1, -0.05) is 0 Å². The molecule has 0 aliphatic rings. The van der Waals surface area contributed by atoms with Crippen LogP contribution in [0.5, 0.6) is 0 Å². The minimum atomic E-state index is -1.24. The van der Waals surface area contributed by atoms with Crippen molar-refractivity contribution in [2.45, 2.75) is 19.3 Å². The summed E-state index contributed by atoms with van der Waals surface area (Å²) in [6.45, 7) is 3.30. The van der Waals surface area contributed by atoms with Crippen LogP contribution in [0.3, 0.4) is 0 Å². The molecule has 2 rings (SSSR count). The van der Waals surface area contributed by atoms with Crippen LogP contribution in [0.25, 0.3) is 11.0 Å². The highest BCUT2D eigenvalue weighted by molar-refractivity contribution is 5.89. The average Bonchev–Trinajstić information content (AvgIpc) is 2.68. The Morgan fingerprint density at radius 2 is 2.28 bits per heavy atom. The first-order valence-electron chi connectivity index (χ1n) is 5.18. The second-order valence-corrected chi connectivity index (χ2v) is 4.45. The molecule has 0 saturated heterocycles. The third kappa shape index (κ3) is 1.70. The molecule has 2 aromatic rings. The zero-order valence-corrected chi connectivity index (χ0v) is 9.81. The van der Waals surface area contributed by atoms with Crippen LogP contribution in [-0.2, 0) is 5.41 Å². The minimum Gasteiger partial charge on any atom is -0.464 e. The lowest BCUT2D eigenvalue weighted by atomic mass is 9.87. The molecule has 18 heavy (non-hydrogen) atoms. The molecular formula is C12H10FN3O2. The van der Waals surface area contributed by atoms with Crippen LogP contribution < -0.4 is 0 Å². The van der Waals surface area contributed by atoms with E-state index in [1.165, 1.54) is 6.20 Å². The highest BCUT2D eigenvalue weighted by Crippen LogP contribution is 2.30. The van der Waals surface area contributed by atoms with E-state index in [1.54, 1.807) is 13.8 Å². The summed E-state index contributed by atoms with van der Waals surface area (Å²) in [5, 5.41) is 18.2. The Morgan fingerprint density at radius 3 is 2.83 bits per heavy atom. The summed E-state index contributed by atoms with van der Waals surface area (Å²) >= 11 is 0. The number of nitrogens with zero attached hydrogens (tertiary/aromatic N) is 3. The van der Waals surface area contributed by atoms with Crippen molar-refractivity contribution in [3.8, 4) is 6.07 Å². The smallest absolute Gasteiger partial charge is 0.416 e. The van der Waals surface area contributed by atoms with Gasteiger partial charge in [0.05, 0.1) is 28.7 Å². The number of pyridine rings is 1. The Balaban J connectivity index is 2.86. The van der Waals surface area contributed by atoms with E-state index < -0.39 is 17.3 Å². The fourth-order valence-corrected chi connectivity index (χ4v) is 1.76. The molecule has 0 fully saturated rings. The first kappa shape index (κ1) is 12.0. The molecule has 6 heteroatoms. The molecule has 2 aromatic heterocycles. The standard InChI is InChI=1S/C12H10FN3O2/c1-12(2,6-14)8-5-16(11(17)18)9-3-7(13)4-15-10(8)9/h3-5H,1-2H3,(H,17,18). The molecule has 0 unspecified atom stereocenters. The van der Waals surface area contributed by atoms with E-state index in [1.807, 2.05) is 0 Å². The number of carbonyl (C=O) groups is 1. The summed E-state index contributed by atoms with van der Waals surface area (Å²) in [6, 6.07) is 3.17. The SMILES string of the molecule is CC(C)(C#N)c1cn(C(=O)O)c2cc(F)cnc12. The number of carboxylic acid groups (broad SMARTS) is 1. The maximum Gasteiger partial charge on any atom is 0.416 e. The Labute approximate surface area is 102 Å². The molecule has 0 aliphatic carbocycles. The monoisotopic (exact) mass is 247 g/mol. The van der Waals surface area contributed by atoms with E-state index in [0.717, 1.165) is 16.8 Å². The summed E-state index contributed by atoms with van der Waals surface area (Å²) in [5.41, 5.74) is 0.0256. The van der Waals surface area contributed by atoms with E-state index in [2.05, 4.69) is 11.1 Å². The summed E-state index contributed by atoms with van der Waals surface area (Å²) in [4.78, 5) is 15.0. The molecule has 92 valence electrons. The van der Waals surface area contributed by atoms with Crippen molar-refractivity contribution >= 4 is 17.1 Å². The van der Waals surface area contributed by atoms with Crippen molar-refractivity contribution in [3.05, 3.63) is 29.8 Å². The number of hydrogen-bond acceptors (Lipinski definition) is 3. The van der Waals surface area contributed by atoms with E-state index >= 15 is 0 Å². The van der Waals surface area contributed by atoms with Gasteiger partial charge in [0.2, 0.25) is 0 Å². The summed E-state index contributed by atoms with van der Waals surface area (Å²) in [7, 11) is 0. The topological polar surface area (TPSA) is 78.9 Å². The summed E-state index contributed by atoms with van der Waals surface area (Å²) in [5.74, 6) is -0.621. The van der Waals surface area contributed by atoms with Crippen molar-refractivity contribution in [1.82, 2.24) is 9.55 Å². The van der Waals surface area contributed by atoms with Gasteiger partial charge in [-0.2, -0.15) is 5.26 Å². The van der Waals surface area contributed by atoms with Crippen molar-refractivity contribution in [2.75, 3.05) is 0 Å². The Morgan fingerprint density at radius 1 is 1.61 bits per heavy atom. The number of halogens is 1. The van der Waals surface area contributed by atoms with E-state index in [-0.39, 0.29) is 5.52 Å². The van der Waals surface area contributed by atoms with Crippen LogP contribution in [0.1, 0.15) is 19.4 Å². The van der Waals surface area contributed by atoms with Crippen molar-refractivity contribution in [2.24, 2.45) is 0 Å². The Bertz CT molecular complexity index is 682. The molecule has 2 heterocycles. The van der Waals surface area contributed by atoms with Gasteiger partial charge in [0.1, 0.15) is 5.82 Å². The van der Waals surface area contributed by atoms with Crippen LogP contribution in [-0.4, -0.2) is 20.8 Å². The van der Waals surface area contributed by atoms with Crippen LogP contribution in [0.4, 0.5) is 9.18 Å². The third-order valence-corrected chi connectivity index (χ3v) is 2.77. The zero-order valence-electron chi connectivity index (χ0n) is 9.81. The third-order valence-electron chi connectivity index (χ3n) is 2.77. The van der Waals surface area contributed by atoms with Crippen LogP contribution in [0.2, 0.25) is 0 Å². The predicted octanol–water partition coefficient (Wildman–Crippen LogP) is 2.50. The van der Waals surface area contributed by atoms with Crippen molar-refractivity contribution in [1.29, 1.82) is 5.26 Å². The molecule has 0 amide bonds. The maximum atomic E-state index is 13.1. The second kappa shape index (κ2) is 3.81. The fraction of sp³-hybridized carbons (Fsp3) is 0.250. The quantitative estimate of drug-likeness (QED) is 0.839.